The summed E-state index contributed by atoms with van der Waals surface area (Å²) in [7, 11) is 0.617. The van der Waals surface area contributed by atoms with Crippen LogP contribution in [0.4, 0.5) is 0 Å². The summed E-state index contributed by atoms with van der Waals surface area (Å²) in [6.07, 6.45) is 2.15. The lowest BCUT2D eigenvalue weighted by Gasteiger charge is -2.28. The molecule has 0 radical (unpaired) electrons. The van der Waals surface area contributed by atoms with Crippen molar-refractivity contribution in [3.8, 4) is 11.5 Å². The monoisotopic (exact) mass is 388 g/mol. The lowest BCUT2D eigenvalue weighted by Crippen LogP contribution is -2.19. The topological polar surface area (TPSA) is 35.5 Å². The minimum atomic E-state index is -2.68. The first-order valence-electron chi connectivity index (χ1n) is 9.52. The molecular formula is C23H33O3P. The van der Waals surface area contributed by atoms with E-state index in [9.17, 15) is 4.57 Å². The van der Waals surface area contributed by atoms with Crippen molar-refractivity contribution >= 4 is 12.4 Å². The fraction of sp³-hybridized carbons (Fsp3) is 0.478. The van der Waals surface area contributed by atoms with Crippen molar-refractivity contribution < 1.29 is 14.0 Å². The van der Waals surface area contributed by atoms with E-state index in [0.717, 1.165) is 28.8 Å². The second-order valence-corrected chi connectivity index (χ2v) is 11.6. The first-order valence-corrected chi connectivity index (χ1v) is 11.6. The number of rotatable bonds is 8. The Kier molecular flexibility index (Phi) is 7.17. The van der Waals surface area contributed by atoms with Gasteiger partial charge >= 0.3 is 0 Å². The normalized spacial score (nSPS) is 15.0. The van der Waals surface area contributed by atoms with Crippen molar-refractivity contribution in [1.82, 2.24) is 0 Å². The van der Waals surface area contributed by atoms with Crippen LogP contribution in [0.3, 0.4) is 0 Å². The van der Waals surface area contributed by atoms with Crippen molar-refractivity contribution in [2.45, 2.75) is 40.3 Å². The second kappa shape index (κ2) is 8.97. The molecule has 148 valence electrons. The fourth-order valence-electron chi connectivity index (χ4n) is 3.91. The Labute approximate surface area is 164 Å². The lowest BCUT2D eigenvalue weighted by atomic mass is 9.86. The van der Waals surface area contributed by atoms with Crippen LogP contribution in [0.2, 0.25) is 0 Å². The van der Waals surface area contributed by atoms with Gasteiger partial charge in [0, 0.05) is 23.2 Å². The quantitative estimate of drug-likeness (QED) is 0.523. The molecule has 0 aliphatic rings. The zero-order chi connectivity index (χ0) is 20.1. The minimum Gasteiger partial charge on any atom is -0.496 e. The van der Waals surface area contributed by atoms with E-state index in [-0.39, 0.29) is 5.41 Å². The molecule has 2 rings (SSSR count). The summed E-state index contributed by atoms with van der Waals surface area (Å²) in [5, 5.41) is 0.929. The average Bonchev–Trinajstić information content (AvgIpc) is 2.60. The van der Waals surface area contributed by atoms with Crippen LogP contribution in [-0.4, -0.2) is 20.4 Å². The van der Waals surface area contributed by atoms with Gasteiger partial charge in [-0.15, -0.1) is 0 Å². The third-order valence-electron chi connectivity index (χ3n) is 4.74. The molecule has 0 heterocycles. The van der Waals surface area contributed by atoms with Crippen molar-refractivity contribution in [3.63, 3.8) is 0 Å². The van der Waals surface area contributed by atoms with Crippen LogP contribution in [-0.2, 0) is 10.7 Å². The third kappa shape index (κ3) is 5.87. The SMILES string of the molecule is COc1cccc(OC)c1CP(=O)(CC(C)CC(C)(C)C)c1ccccc1. The van der Waals surface area contributed by atoms with Gasteiger partial charge in [-0.2, -0.15) is 0 Å². The maximum atomic E-state index is 14.3. The lowest BCUT2D eigenvalue weighted by molar-refractivity contribution is 0.321. The van der Waals surface area contributed by atoms with E-state index in [0.29, 0.717) is 18.2 Å². The van der Waals surface area contributed by atoms with E-state index in [1.165, 1.54) is 0 Å². The van der Waals surface area contributed by atoms with Gasteiger partial charge in [0.05, 0.1) is 14.2 Å². The van der Waals surface area contributed by atoms with E-state index in [4.69, 9.17) is 9.47 Å². The van der Waals surface area contributed by atoms with E-state index >= 15 is 0 Å². The molecule has 0 aromatic heterocycles. The van der Waals surface area contributed by atoms with Gasteiger partial charge in [0.2, 0.25) is 0 Å². The van der Waals surface area contributed by atoms with Crippen molar-refractivity contribution in [3.05, 3.63) is 54.1 Å². The molecule has 0 spiro atoms. The van der Waals surface area contributed by atoms with Gasteiger partial charge in [-0.05, 0) is 29.9 Å². The fourth-order valence-corrected chi connectivity index (χ4v) is 7.11. The standard InChI is InChI=1S/C23H33O3P/c1-18(15-23(2,3)4)16-27(24,19-11-8-7-9-12-19)17-20-21(25-5)13-10-14-22(20)26-6/h7-14,18H,15-17H2,1-6H3. The third-order valence-corrected chi connectivity index (χ3v) is 8.02. The minimum absolute atomic E-state index is 0.211. The van der Waals surface area contributed by atoms with Crippen LogP contribution in [0.15, 0.2) is 48.5 Å². The van der Waals surface area contributed by atoms with Crippen LogP contribution in [0, 0.1) is 11.3 Å². The summed E-state index contributed by atoms with van der Waals surface area (Å²) in [6, 6.07) is 15.6. The van der Waals surface area contributed by atoms with E-state index in [2.05, 4.69) is 27.7 Å². The van der Waals surface area contributed by atoms with E-state index in [1.807, 2.05) is 48.5 Å². The average molecular weight is 388 g/mol. The highest BCUT2D eigenvalue weighted by Gasteiger charge is 2.31. The van der Waals surface area contributed by atoms with Crippen LogP contribution < -0.4 is 14.8 Å². The van der Waals surface area contributed by atoms with Gasteiger partial charge in [0.25, 0.3) is 0 Å². The number of methoxy groups -OCH3 is 2. The summed E-state index contributed by atoms with van der Waals surface area (Å²) in [6.45, 7) is 8.92. The maximum Gasteiger partial charge on any atom is 0.126 e. The molecule has 0 amide bonds. The predicted molar refractivity (Wildman–Crippen MR) is 115 cm³/mol. The van der Waals surface area contributed by atoms with E-state index < -0.39 is 7.14 Å². The number of hydrogen-bond acceptors (Lipinski definition) is 3. The molecule has 3 nitrogen and oxygen atoms in total. The van der Waals surface area contributed by atoms with Gasteiger partial charge in [-0.3, -0.25) is 0 Å². The molecule has 0 aliphatic carbocycles. The predicted octanol–water partition coefficient (Wildman–Crippen LogP) is 5.96. The van der Waals surface area contributed by atoms with Crippen molar-refractivity contribution in [1.29, 1.82) is 0 Å². The Balaban J connectivity index is 2.45. The summed E-state index contributed by atoms with van der Waals surface area (Å²) in [5.74, 6) is 1.82. The molecule has 0 fully saturated rings. The van der Waals surface area contributed by atoms with Crippen LogP contribution in [0.1, 0.15) is 39.7 Å². The number of benzene rings is 2. The highest BCUT2D eigenvalue weighted by molar-refractivity contribution is 7.70. The number of ether oxygens (including phenoxy) is 2. The largest absolute Gasteiger partial charge is 0.496 e. The Hall–Kier alpha value is -1.73. The molecule has 0 saturated heterocycles. The van der Waals surface area contributed by atoms with Crippen molar-refractivity contribution in [2.24, 2.45) is 11.3 Å². The molecule has 0 saturated carbocycles. The van der Waals surface area contributed by atoms with Crippen molar-refractivity contribution in [2.75, 3.05) is 20.4 Å². The zero-order valence-corrected chi connectivity index (χ0v) is 18.4. The van der Waals surface area contributed by atoms with Crippen LogP contribution >= 0.6 is 7.14 Å². The molecule has 4 heteroatoms. The molecule has 2 aromatic carbocycles. The summed E-state index contributed by atoms with van der Waals surface area (Å²) >= 11 is 0. The van der Waals surface area contributed by atoms with Crippen LogP contribution in [0.5, 0.6) is 11.5 Å². The smallest absolute Gasteiger partial charge is 0.126 e. The Morgan fingerprint density at radius 1 is 0.926 bits per heavy atom. The summed E-state index contributed by atoms with van der Waals surface area (Å²) < 4.78 is 25.4. The molecule has 0 bridgehead atoms. The summed E-state index contributed by atoms with van der Waals surface area (Å²) in [5.41, 5.74) is 1.10. The second-order valence-electron chi connectivity index (χ2n) is 8.58. The highest BCUT2D eigenvalue weighted by Crippen LogP contribution is 2.53. The molecule has 0 aliphatic heterocycles. The molecule has 27 heavy (non-hydrogen) atoms. The highest BCUT2D eigenvalue weighted by atomic mass is 31.2. The maximum absolute atomic E-state index is 14.3. The molecule has 2 atom stereocenters. The van der Waals surface area contributed by atoms with E-state index in [1.54, 1.807) is 14.2 Å². The first kappa shape index (κ1) is 21.6. The molecular weight excluding hydrogens is 355 g/mol. The van der Waals surface area contributed by atoms with Gasteiger partial charge in [0.15, 0.2) is 0 Å². The van der Waals surface area contributed by atoms with Gasteiger partial charge < -0.3 is 14.0 Å². The molecule has 2 aromatic rings. The Morgan fingerprint density at radius 3 is 1.96 bits per heavy atom. The van der Waals surface area contributed by atoms with Gasteiger partial charge in [0.1, 0.15) is 18.6 Å². The molecule has 0 N–H and O–H groups in total. The van der Waals surface area contributed by atoms with Gasteiger partial charge in [-0.25, -0.2) is 0 Å². The number of hydrogen-bond donors (Lipinski definition) is 0. The zero-order valence-electron chi connectivity index (χ0n) is 17.5. The van der Waals surface area contributed by atoms with Gasteiger partial charge in [-0.1, -0.05) is 64.1 Å². The Morgan fingerprint density at radius 2 is 1.48 bits per heavy atom. The Bertz CT molecular complexity index is 756. The first-order chi connectivity index (χ1) is 12.7. The summed E-state index contributed by atoms with van der Waals surface area (Å²) in [4.78, 5) is 0. The molecule has 2 unspecified atom stereocenters. The van der Waals surface area contributed by atoms with Crippen LogP contribution in [0.25, 0.3) is 0 Å².